The number of aromatic amines is 1. The molecule has 0 aliphatic heterocycles. The minimum absolute atomic E-state index is 0.242. The van der Waals surface area contributed by atoms with Crippen LogP contribution < -0.4 is 0 Å². The summed E-state index contributed by atoms with van der Waals surface area (Å²) in [5, 5.41) is 11.6. The Hall–Kier alpha value is -2.42. The van der Waals surface area contributed by atoms with Crippen LogP contribution in [-0.2, 0) is 0 Å². The van der Waals surface area contributed by atoms with E-state index in [-0.39, 0.29) is 11.8 Å². The first kappa shape index (κ1) is 9.50. The van der Waals surface area contributed by atoms with Crippen molar-refractivity contribution in [3.05, 3.63) is 82.2 Å². The third kappa shape index (κ3) is 1.00. The highest BCUT2D eigenvalue weighted by molar-refractivity contribution is 5.64. The Labute approximate surface area is 110 Å². The average molecular weight is 245 g/mol. The number of H-pyrrole nitrogens is 1. The average Bonchev–Trinajstić information content (AvgIpc) is 2.96. The molecule has 0 amide bonds. The zero-order valence-corrected chi connectivity index (χ0v) is 10.2. The van der Waals surface area contributed by atoms with Crippen LogP contribution in [0.15, 0.2) is 48.5 Å². The Morgan fingerprint density at radius 2 is 1.00 bits per heavy atom. The molecule has 3 heteroatoms. The highest BCUT2D eigenvalue weighted by Crippen LogP contribution is 2.53. The van der Waals surface area contributed by atoms with Crippen LogP contribution in [0, 0.1) is 0 Å². The number of rotatable bonds is 0. The predicted molar refractivity (Wildman–Crippen MR) is 71.2 cm³/mol. The van der Waals surface area contributed by atoms with Crippen LogP contribution in [-0.4, -0.2) is 15.4 Å². The first-order chi connectivity index (χ1) is 9.45. The lowest BCUT2D eigenvalue weighted by atomic mass is 9.64. The molecule has 1 N–H and O–H groups in total. The maximum Gasteiger partial charge on any atom is 0.0985 e. The summed E-state index contributed by atoms with van der Waals surface area (Å²) in [5.41, 5.74) is 7.73. The van der Waals surface area contributed by atoms with Gasteiger partial charge in [0, 0.05) is 0 Å². The van der Waals surface area contributed by atoms with Gasteiger partial charge in [-0.1, -0.05) is 48.5 Å². The molecule has 6 rings (SSSR count). The second-order valence-electron chi connectivity index (χ2n) is 5.22. The van der Waals surface area contributed by atoms with Crippen LogP contribution in [0.3, 0.4) is 0 Å². The zero-order chi connectivity index (χ0) is 12.4. The van der Waals surface area contributed by atoms with E-state index in [0.29, 0.717) is 0 Å². The van der Waals surface area contributed by atoms with Crippen LogP contribution in [0.5, 0.6) is 0 Å². The van der Waals surface area contributed by atoms with Crippen molar-refractivity contribution in [1.29, 1.82) is 0 Å². The topological polar surface area (TPSA) is 41.6 Å². The minimum atomic E-state index is 0.242. The Morgan fingerprint density at radius 1 is 0.632 bits per heavy atom. The van der Waals surface area contributed by atoms with Crippen LogP contribution in [0.2, 0.25) is 0 Å². The number of hydrogen-bond donors (Lipinski definition) is 1. The molecule has 0 saturated heterocycles. The molecular formula is C16H11N3. The molecule has 90 valence electrons. The minimum Gasteiger partial charge on any atom is -0.197 e. The van der Waals surface area contributed by atoms with Crippen molar-refractivity contribution in [1.82, 2.24) is 15.4 Å². The number of nitrogens with one attached hydrogen (secondary N) is 1. The molecule has 0 radical (unpaired) electrons. The normalized spacial score (nSPS) is 21.7. The molecule has 3 aliphatic carbocycles. The van der Waals surface area contributed by atoms with Gasteiger partial charge in [-0.2, -0.15) is 15.4 Å². The predicted octanol–water partition coefficient (Wildman–Crippen LogP) is 2.79. The van der Waals surface area contributed by atoms with Gasteiger partial charge in [0.25, 0.3) is 0 Å². The molecular weight excluding hydrogens is 234 g/mol. The molecule has 0 spiro atoms. The van der Waals surface area contributed by atoms with Crippen LogP contribution >= 0.6 is 0 Å². The SMILES string of the molecule is c1ccc2c(c1)C1c3ccccc3C2c2n[nH]nc21. The first-order valence-corrected chi connectivity index (χ1v) is 6.53. The molecule has 3 aliphatic rings. The standard InChI is InChI=1S/C16H11N3/c1-2-6-10-9(5-1)13-11-7-3-4-8-12(11)14(10)16-15(13)17-19-18-16/h1-8,13-14H,(H,17,18,19). The summed E-state index contributed by atoms with van der Waals surface area (Å²) < 4.78 is 0. The number of hydrogen-bond acceptors (Lipinski definition) is 2. The number of aromatic nitrogens is 3. The molecule has 1 heterocycles. The molecule has 2 aromatic carbocycles. The molecule has 0 unspecified atom stereocenters. The molecule has 0 atom stereocenters. The van der Waals surface area contributed by atoms with Gasteiger partial charge in [0.15, 0.2) is 0 Å². The van der Waals surface area contributed by atoms with Crippen molar-refractivity contribution in [2.45, 2.75) is 11.8 Å². The zero-order valence-electron chi connectivity index (χ0n) is 10.2. The van der Waals surface area contributed by atoms with E-state index in [0.717, 1.165) is 11.4 Å². The highest BCUT2D eigenvalue weighted by atomic mass is 15.3. The Balaban J connectivity index is 1.94. The number of nitrogens with zero attached hydrogens (tertiary/aromatic N) is 2. The maximum absolute atomic E-state index is 4.40. The smallest absolute Gasteiger partial charge is 0.0985 e. The summed E-state index contributed by atoms with van der Waals surface area (Å²) in [7, 11) is 0. The Kier molecular flexibility index (Phi) is 1.56. The van der Waals surface area contributed by atoms with Gasteiger partial charge in [-0.3, -0.25) is 0 Å². The van der Waals surface area contributed by atoms with E-state index in [1.54, 1.807) is 0 Å². The fraction of sp³-hybridized carbons (Fsp3) is 0.125. The maximum atomic E-state index is 4.40. The largest absolute Gasteiger partial charge is 0.197 e. The third-order valence-corrected chi connectivity index (χ3v) is 4.39. The summed E-state index contributed by atoms with van der Waals surface area (Å²) >= 11 is 0. The van der Waals surface area contributed by atoms with E-state index >= 15 is 0 Å². The lowest BCUT2D eigenvalue weighted by Gasteiger charge is -2.38. The van der Waals surface area contributed by atoms with Crippen molar-refractivity contribution in [3.63, 3.8) is 0 Å². The van der Waals surface area contributed by atoms with Crippen molar-refractivity contribution in [2.75, 3.05) is 0 Å². The van der Waals surface area contributed by atoms with Gasteiger partial charge >= 0.3 is 0 Å². The van der Waals surface area contributed by atoms with E-state index in [9.17, 15) is 0 Å². The molecule has 19 heavy (non-hydrogen) atoms. The van der Waals surface area contributed by atoms with Crippen LogP contribution in [0.25, 0.3) is 0 Å². The van der Waals surface area contributed by atoms with Crippen molar-refractivity contribution in [3.8, 4) is 0 Å². The lowest BCUT2D eigenvalue weighted by molar-refractivity contribution is 0.727. The van der Waals surface area contributed by atoms with Gasteiger partial charge in [0.05, 0.1) is 23.2 Å². The van der Waals surface area contributed by atoms with Crippen molar-refractivity contribution < 1.29 is 0 Å². The van der Waals surface area contributed by atoms with Crippen LogP contribution in [0.1, 0.15) is 45.5 Å². The van der Waals surface area contributed by atoms with E-state index in [2.05, 4.69) is 63.9 Å². The summed E-state index contributed by atoms with van der Waals surface area (Å²) in [6, 6.07) is 17.3. The first-order valence-electron chi connectivity index (χ1n) is 6.53. The number of benzene rings is 2. The molecule has 3 aromatic rings. The molecule has 0 fully saturated rings. The Bertz CT molecular complexity index is 691. The van der Waals surface area contributed by atoms with Gasteiger partial charge < -0.3 is 0 Å². The van der Waals surface area contributed by atoms with Gasteiger partial charge in [-0.05, 0) is 22.3 Å². The summed E-state index contributed by atoms with van der Waals surface area (Å²) in [6.07, 6.45) is 0. The lowest BCUT2D eigenvalue weighted by Crippen LogP contribution is -2.27. The van der Waals surface area contributed by atoms with E-state index in [4.69, 9.17) is 0 Å². The summed E-state index contributed by atoms with van der Waals surface area (Å²) in [4.78, 5) is 0. The highest BCUT2D eigenvalue weighted by Gasteiger charge is 2.43. The van der Waals surface area contributed by atoms with E-state index in [1.807, 2.05) is 0 Å². The van der Waals surface area contributed by atoms with Gasteiger partial charge in [0.2, 0.25) is 0 Å². The molecule has 0 saturated carbocycles. The van der Waals surface area contributed by atoms with Gasteiger partial charge in [0.1, 0.15) is 0 Å². The molecule has 3 nitrogen and oxygen atoms in total. The molecule has 2 bridgehead atoms. The van der Waals surface area contributed by atoms with Gasteiger partial charge in [-0.25, -0.2) is 0 Å². The quantitative estimate of drug-likeness (QED) is 0.456. The van der Waals surface area contributed by atoms with E-state index < -0.39 is 0 Å². The summed E-state index contributed by atoms with van der Waals surface area (Å²) in [6.45, 7) is 0. The monoisotopic (exact) mass is 245 g/mol. The van der Waals surface area contributed by atoms with Gasteiger partial charge in [-0.15, -0.1) is 0 Å². The fourth-order valence-corrected chi connectivity index (χ4v) is 3.67. The fourth-order valence-electron chi connectivity index (χ4n) is 3.67. The van der Waals surface area contributed by atoms with E-state index in [1.165, 1.54) is 22.3 Å². The van der Waals surface area contributed by atoms with Crippen molar-refractivity contribution in [2.24, 2.45) is 0 Å². The second kappa shape index (κ2) is 3.12. The second-order valence-corrected chi connectivity index (χ2v) is 5.22. The van der Waals surface area contributed by atoms with Crippen LogP contribution in [0.4, 0.5) is 0 Å². The summed E-state index contributed by atoms with van der Waals surface area (Å²) in [5.74, 6) is 0.484. The Morgan fingerprint density at radius 3 is 1.37 bits per heavy atom. The molecule has 1 aromatic heterocycles. The van der Waals surface area contributed by atoms with Crippen molar-refractivity contribution >= 4 is 0 Å². The third-order valence-electron chi connectivity index (χ3n) is 4.39.